The molecule has 0 N–H and O–H groups in total. The van der Waals surface area contributed by atoms with E-state index in [0.29, 0.717) is 5.92 Å². The maximum absolute atomic E-state index is 5.45. The average Bonchev–Trinajstić information content (AvgIpc) is 2.56. The van der Waals surface area contributed by atoms with E-state index in [-0.39, 0.29) is 6.29 Å². The first-order valence-corrected chi connectivity index (χ1v) is 13.7. The number of halogens is 1. The Morgan fingerprint density at radius 1 is 1.62 bits per heavy atom. The summed E-state index contributed by atoms with van der Waals surface area (Å²) in [5.41, 5.74) is 0. The Bertz CT molecular complexity index is 114. The minimum atomic E-state index is 0.0315. The minimum absolute atomic E-state index is 0.0315. The normalized spacial score (nSPS) is 26.8. The van der Waals surface area contributed by atoms with Crippen LogP contribution < -0.4 is 0 Å². The molecule has 0 bridgehead atoms. The zero-order valence-corrected chi connectivity index (χ0v) is 13.4. The molecule has 13 heavy (non-hydrogen) atoms. The second-order valence-corrected chi connectivity index (χ2v) is 3.09. The third-order valence-corrected chi connectivity index (χ3v) is 1.85. The maximum atomic E-state index is 5.45. The molecule has 1 heterocycles. The molecule has 0 aliphatic carbocycles. The molecule has 1 aliphatic rings. The summed E-state index contributed by atoms with van der Waals surface area (Å²) in [6, 6.07) is 0. The molecule has 1 fully saturated rings. The molecule has 2 nitrogen and oxygen atoms in total. The Kier molecular flexibility index (Phi) is 10.8. The van der Waals surface area contributed by atoms with Crippen molar-refractivity contribution in [3.63, 3.8) is 0 Å². The van der Waals surface area contributed by atoms with E-state index in [9.17, 15) is 0 Å². The molecule has 0 spiro atoms. The van der Waals surface area contributed by atoms with Gasteiger partial charge < -0.3 is 16.4 Å². The topological polar surface area (TPSA) is 18.5 Å². The van der Waals surface area contributed by atoms with E-state index >= 15 is 0 Å². The molecule has 1 rings (SSSR count). The molecule has 0 radical (unpaired) electrons. The Balaban J connectivity index is 0.000000671. The second-order valence-electron chi connectivity index (χ2n) is 3.09. The van der Waals surface area contributed by atoms with E-state index in [1.165, 1.54) is 21.2 Å². The molecule has 0 aromatic rings. The van der Waals surface area contributed by atoms with Crippen molar-refractivity contribution in [3.8, 4) is 0 Å². The van der Waals surface area contributed by atoms with Crippen LogP contribution in [-0.2, 0) is 24.3 Å². The third-order valence-electron chi connectivity index (χ3n) is 1.85. The molecule has 0 amide bonds. The van der Waals surface area contributed by atoms with Crippen molar-refractivity contribution >= 4 is 19.8 Å². The Labute approximate surface area is 102 Å². The summed E-state index contributed by atoms with van der Waals surface area (Å²) in [7, 11) is 0. The summed E-state index contributed by atoms with van der Waals surface area (Å²) >= 11 is 3.62. The van der Waals surface area contributed by atoms with Crippen LogP contribution >= 0.6 is 19.8 Å². The molecule has 1 aliphatic heterocycles. The summed E-state index contributed by atoms with van der Waals surface area (Å²) < 4.78 is 10.8. The first kappa shape index (κ1) is 14.3. The molecule has 74 valence electrons. The van der Waals surface area contributed by atoms with Gasteiger partial charge in [-0.2, -0.15) is 0 Å². The van der Waals surface area contributed by atoms with Crippen LogP contribution in [0.2, 0.25) is 0 Å². The van der Waals surface area contributed by atoms with Gasteiger partial charge in [-0.1, -0.05) is 13.3 Å². The van der Waals surface area contributed by atoms with Gasteiger partial charge in [-0.15, -0.1) is 5.92 Å². The molecule has 4 heteroatoms. The van der Waals surface area contributed by atoms with Gasteiger partial charge in [0.05, 0.1) is 0 Å². The fourth-order valence-corrected chi connectivity index (χ4v) is 1.13. The van der Waals surface area contributed by atoms with Gasteiger partial charge in [0.15, 0.2) is 6.29 Å². The molecule has 0 unspecified atom stereocenters. The van der Waals surface area contributed by atoms with Crippen LogP contribution in [-0.4, -0.2) is 19.5 Å². The zero-order valence-electron chi connectivity index (χ0n) is 8.30. The van der Waals surface area contributed by atoms with E-state index in [1.807, 2.05) is 0 Å². The monoisotopic (exact) mass is 348 g/mol. The first-order chi connectivity index (χ1) is 6.33. The van der Waals surface area contributed by atoms with E-state index in [0.717, 1.165) is 26.1 Å². The Morgan fingerprint density at radius 2 is 2.31 bits per heavy atom. The molecule has 2 atom stereocenters. The zero-order chi connectivity index (χ0) is 10.1. The average molecular weight is 350 g/mol. The summed E-state index contributed by atoms with van der Waals surface area (Å²) in [6.45, 7) is 7.65. The van der Waals surface area contributed by atoms with Gasteiger partial charge in [0.2, 0.25) is 0 Å². The fourth-order valence-electron chi connectivity index (χ4n) is 1.13. The third kappa shape index (κ3) is 7.23. The van der Waals surface area contributed by atoms with Gasteiger partial charge in [0.1, 0.15) is 0 Å². The molecular weight excluding hydrogens is 332 g/mol. The van der Waals surface area contributed by atoms with Gasteiger partial charge in [-0.25, -0.2) is 0 Å². The molecule has 0 aromatic heterocycles. The number of hydrogen-bond donors (Lipinski definition) is 0. The van der Waals surface area contributed by atoms with Crippen LogP contribution in [0.25, 0.3) is 0 Å². The standard InChI is InChI=1S/C9H17O2.HI.Zn/c1-3-4-5-10-9-6-8(2)7-11-9;;/h8-9H,2-7H2,1H3;1H;/q-1;;+2/p-1/t8-,9+;;/m0../s1. The Hall–Kier alpha value is 1.27. The Morgan fingerprint density at radius 3 is 2.77 bits per heavy atom. The molecular formula is C9H17IO2Zn. The van der Waals surface area contributed by atoms with Crippen molar-refractivity contribution in [1.29, 1.82) is 0 Å². The quantitative estimate of drug-likeness (QED) is 0.336. The van der Waals surface area contributed by atoms with Gasteiger partial charge in [0.25, 0.3) is 0 Å². The van der Waals surface area contributed by atoms with Gasteiger partial charge >= 0.3 is 34.5 Å². The number of ether oxygens (including phenoxy) is 2. The van der Waals surface area contributed by atoms with E-state index in [2.05, 4.69) is 33.6 Å². The second kappa shape index (κ2) is 9.81. The number of hydrogen-bond acceptors (Lipinski definition) is 2. The predicted octanol–water partition coefficient (Wildman–Crippen LogP) is 2.88. The summed E-state index contributed by atoms with van der Waals surface area (Å²) in [6.07, 6.45) is 3.30. The van der Waals surface area contributed by atoms with Crippen molar-refractivity contribution in [1.82, 2.24) is 0 Å². The SMILES string of the molecule is [CH2-][C@@H]1CO[C@@H](OCCCC)C1.[Zn+][I]. The van der Waals surface area contributed by atoms with Crippen LogP contribution in [0.1, 0.15) is 26.2 Å². The van der Waals surface area contributed by atoms with Gasteiger partial charge in [-0.3, -0.25) is 0 Å². The fraction of sp³-hybridized carbons (Fsp3) is 0.889. The van der Waals surface area contributed by atoms with Crippen molar-refractivity contribution in [2.45, 2.75) is 32.5 Å². The van der Waals surface area contributed by atoms with Crippen LogP contribution in [0, 0.1) is 12.8 Å². The summed E-state index contributed by atoms with van der Waals surface area (Å²) in [5, 5.41) is 0. The number of unbranched alkanes of at least 4 members (excludes halogenated alkanes) is 1. The molecule has 0 saturated carbocycles. The van der Waals surface area contributed by atoms with E-state index < -0.39 is 0 Å². The first-order valence-electron chi connectivity index (χ1n) is 4.66. The van der Waals surface area contributed by atoms with Crippen LogP contribution in [0.4, 0.5) is 0 Å². The van der Waals surface area contributed by atoms with Crippen LogP contribution in [0.5, 0.6) is 0 Å². The van der Waals surface area contributed by atoms with Crippen LogP contribution in [0.15, 0.2) is 0 Å². The van der Waals surface area contributed by atoms with Gasteiger partial charge in [0, 0.05) is 13.2 Å². The summed E-state index contributed by atoms with van der Waals surface area (Å²) in [5.74, 6) is 0.432. The van der Waals surface area contributed by atoms with Crippen molar-refractivity contribution < 1.29 is 24.3 Å². The molecule has 0 aromatic carbocycles. The van der Waals surface area contributed by atoms with Crippen molar-refractivity contribution in [3.05, 3.63) is 6.92 Å². The van der Waals surface area contributed by atoms with Gasteiger partial charge in [-0.05, 0) is 12.8 Å². The molecule has 1 saturated heterocycles. The van der Waals surface area contributed by atoms with Crippen molar-refractivity contribution in [2.24, 2.45) is 5.92 Å². The summed E-state index contributed by atoms with van der Waals surface area (Å²) in [4.78, 5) is 0. The van der Waals surface area contributed by atoms with E-state index in [4.69, 9.17) is 9.47 Å². The van der Waals surface area contributed by atoms with Crippen molar-refractivity contribution in [2.75, 3.05) is 13.2 Å². The predicted molar refractivity (Wildman–Crippen MR) is 58.1 cm³/mol. The van der Waals surface area contributed by atoms with E-state index in [1.54, 1.807) is 0 Å². The number of rotatable bonds is 4. The van der Waals surface area contributed by atoms with Crippen LogP contribution in [0.3, 0.4) is 0 Å².